The van der Waals surface area contributed by atoms with Crippen LogP contribution >= 0.6 is 0 Å². The number of hydrogen-bond acceptors (Lipinski definition) is 5. The molecule has 6 nitrogen and oxygen atoms in total. The summed E-state index contributed by atoms with van der Waals surface area (Å²) in [6, 6.07) is 12.4. The molecular formula is C24H25FN4O2. The molecule has 0 fully saturated rings. The molecule has 31 heavy (non-hydrogen) atoms. The van der Waals surface area contributed by atoms with Crippen molar-refractivity contribution in [2.24, 2.45) is 4.99 Å². The van der Waals surface area contributed by atoms with Gasteiger partial charge in [-0.15, -0.1) is 0 Å². The maximum atomic E-state index is 13.4. The largest absolute Gasteiger partial charge is 0.495 e. The van der Waals surface area contributed by atoms with Crippen LogP contribution in [0.15, 0.2) is 66.1 Å². The second kappa shape index (κ2) is 8.35. The molecule has 1 aliphatic rings. The number of aryl methyl sites for hydroxylation is 1. The molecule has 0 aliphatic carbocycles. The summed E-state index contributed by atoms with van der Waals surface area (Å²) in [7, 11) is 3.26. The van der Waals surface area contributed by atoms with Crippen LogP contribution in [0.1, 0.15) is 23.7 Å². The average molecular weight is 420 g/mol. The molecule has 0 saturated carbocycles. The van der Waals surface area contributed by atoms with Crippen molar-refractivity contribution in [3.8, 4) is 11.4 Å². The summed E-state index contributed by atoms with van der Waals surface area (Å²) in [4.78, 5) is 14.6. The Morgan fingerprint density at radius 1 is 1.10 bits per heavy atom. The standard InChI is InChI=1S/C24H25FN4O2/c1-17-14-28(16-27-17)21-11-5-18(13-22(21)30-3)6-12-23-26-15-24(2,29(23)31-4)19-7-9-20(25)10-8-19/h5-14,16H,15H2,1-4H3. The Morgan fingerprint density at radius 3 is 2.52 bits per heavy atom. The first-order valence-corrected chi connectivity index (χ1v) is 9.96. The number of aliphatic imine (C=N–C) groups is 1. The summed E-state index contributed by atoms with van der Waals surface area (Å²) in [5.74, 6) is 1.17. The van der Waals surface area contributed by atoms with E-state index in [4.69, 9.17) is 9.57 Å². The Bertz CT molecular complexity index is 1140. The number of hydroxylamine groups is 2. The van der Waals surface area contributed by atoms with Gasteiger partial charge in [-0.3, -0.25) is 9.83 Å². The second-order valence-electron chi connectivity index (χ2n) is 7.62. The quantitative estimate of drug-likeness (QED) is 0.588. The van der Waals surface area contributed by atoms with Gasteiger partial charge in [0.15, 0.2) is 0 Å². The van der Waals surface area contributed by atoms with E-state index in [0.717, 1.165) is 28.3 Å². The number of halogens is 1. The van der Waals surface area contributed by atoms with Crippen molar-refractivity contribution in [3.63, 3.8) is 0 Å². The molecule has 1 atom stereocenters. The molecular weight excluding hydrogens is 395 g/mol. The molecule has 0 saturated heterocycles. The van der Waals surface area contributed by atoms with Crippen molar-refractivity contribution in [1.82, 2.24) is 14.6 Å². The average Bonchev–Trinajstić information content (AvgIpc) is 3.35. The number of rotatable bonds is 6. The van der Waals surface area contributed by atoms with E-state index >= 15 is 0 Å². The number of hydrogen-bond donors (Lipinski definition) is 0. The van der Waals surface area contributed by atoms with Gasteiger partial charge in [0.1, 0.15) is 22.9 Å². The summed E-state index contributed by atoms with van der Waals surface area (Å²) >= 11 is 0. The van der Waals surface area contributed by atoms with Gasteiger partial charge >= 0.3 is 0 Å². The number of benzene rings is 2. The van der Waals surface area contributed by atoms with Gasteiger partial charge in [-0.1, -0.05) is 24.3 Å². The highest BCUT2D eigenvalue weighted by Crippen LogP contribution is 2.34. The van der Waals surface area contributed by atoms with Gasteiger partial charge in [-0.2, -0.15) is 0 Å². The van der Waals surface area contributed by atoms with Crippen LogP contribution in [-0.2, 0) is 10.4 Å². The lowest BCUT2D eigenvalue weighted by Crippen LogP contribution is -2.43. The summed E-state index contributed by atoms with van der Waals surface area (Å²) in [5.41, 5.74) is 3.24. The fourth-order valence-electron chi connectivity index (χ4n) is 3.78. The van der Waals surface area contributed by atoms with Crippen LogP contribution in [0.3, 0.4) is 0 Å². The molecule has 0 spiro atoms. The molecule has 2 aromatic carbocycles. The monoisotopic (exact) mass is 420 g/mol. The maximum Gasteiger partial charge on any atom is 0.149 e. The molecule has 1 aromatic heterocycles. The molecule has 1 aliphatic heterocycles. The highest BCUT2D eigenvalue weighted by atomic mass is 19.1. The molecule has 1 unspecified atom stereocenters. The first-order chi connectivity index (χ1) is 14.9. The third-order valence-electron chi connectivity index (χ3n) is 5.47. The summed E-state index contributed by atoms with van der Waals surface area (Å²) < 4.78 is 20.9. The predicted molar refractivity (Wildman–Crippen MR) is 119 cm³/mol. The van der Waals surface area contributed by atoms with E-state index in [1.54, 1.807) is 37.7 Å². The Balaban J connectivity index is 1.57. The van der Waals surface area contributed by atoms with Gasteiger partial charge in [0.05, 0.1) is 38.5 Å². The highest BCUT2D eigenvalue weighted by molar-refractivity contribution is 5.97. The van der Waals surface area contributed by atoms with Crippen LogP contribution in [0.2, 0.25) is 0 Å². The first kappa shape index (κ1) is 20.8. The summed E-state index contributed by atoms with van der Waals surface area (Å²) in [6.07, 6.45) is 7.59. The zero-order valence-corrected chi connectivity index (χ0v) is 18.0. The number of amidine groups is 1. The SMILES string of the molecule is COc1cc(C=CC2=NCC(C)(c3ccc(F)cc3)N2OC)ccc1-n1cnc(C)c1. The van der Waals surface area contributed by atoms with Crippen LogP contribution < -0.4 is 4.74 Å². The van der Waals surface area contributed by atoms with Gasteiger partial charge in [0, 0.05) is 6.20 Å². The first-order valence-electron chi connectivity index (χ1n) is 9.96. The molecule has 160 valence electrons. The Hall–Kier alpha value is -3.45. The van der Waals surface area contributed by atoms with E-state index in [2.05, 4.69) is 9.98 Å². The summed E-state index contributed by atoms with van der Waals surface area (Å²) in [5, 5.41) is 1.76. The highest BCUT2D eigenvalue weighted by Gasteiger charge is 2.40. The van der Waals surface area contributed by atoms with Crippen LogP contribution in [0.25, 0.3) is 11.8 Å². The minimum absolute atomic E-state index is 0.265. The van der Waals surface area contributed by atoms with Crippen LogP contribution in [0.5, 0.6) is 5.75 Å². The zero-order chi connectivity index (χ0) is 22.0. The van der Waals surface area contributed by atoms with Crippen molar-refractivity contribution in [2.75, 3.05) is 20.8 Å². The van der Waals surface area contributed by atoms with Gasteiger partial charge in [-0.05, 0) is 55.3 Å². The lowest BCUT2D eigenvalue weighted by molar-refractivity contribution is -0.126. The topological polar surface area (TPSA) is 51.9 Å². The molecule has 4 rings (SSSR count). The van der Waals surface area contributed by atoms with Gasteiger partial charge < -0.3 is 9.30 Å². The van der Waals surface area contributed by atoms with E-state index in [1.165, 1.54) is 12.1 Å². The third-order valence-corrected chi connectivity index (χ3v) is 5.47. The van der Waals surface area contributed by atoms with Crippen molar-refractivity contribution in [1.29, 1.82) is 0 Å². The number of aromatic nitrogens is 2. The van der Waals surface area contributed by atoms with Crippen molar-refractivity contribution in [2.45, 2.75) is 19.4 Å². The Morgan fingerprint density at radius 2 is 1.87 bits per heavy atom. The van der Waals surface area contributed by atoms with Crippen molar-refractivity contribution < 1.29 is 14.0 Å². The molecule has 0 radical (unpaired) electrons. The van der Waals surface area contributed by atoms with E-state index in [-0.39, 0.29) is 5.82 Å². The lowest BCUT2D eigenvalue weighted by atomic mass is 9.92. The normalized spacial score (nSPS) is 18.6. The van der Waals surface area contributed by atoms with E-state index in [0.29, 0.717) is 12.4 Å². The van der Waals surface area contributed by atoms with Crippen LogP contribution in [-0.4, -0.2) is 41.2 Å². The van der Waals surface area contributed by atoms with Crippen LogP contribution in [0.4, 0.5) is 4.39 Å². The van der Waals surface area contributed by atoms with Crippen molar-refractivity contribution in [3.05, 3.63) is 83.7 Å². The summed E-state index contributed by atoms with van der Waals surface area (Å²) in [6.45, 7) is 4.48. The minimum Gasteiger partial charge on any atom is -0.495 e. The number of ether oxygens (including phenoxy) is 1. The molecule has 0 bridgehead atoms. The fraction of sp³-hybridized carbons (Fsp3) is 0.250. The van der Waals surface area contributed by atoms with E-state index < -0.39 is 5.54 Å². The van der Waals surface area contributed by atoms with Gasteiger partial charge in [-0.25, -0.2) is 14.4 Å². The molecule has 7 heteroatoms. The van der Waals surface area contributed by atoms with Crippen molar-refractivity contribution >= 4 is 11.9 Å². The fourth-order valence-corrected chi connectivity index (χ4v) is 3.78. The van der Waals surface area contributed by atoms with Gasteiger partial charge in [0.25, 0.3) is 0 Å². The van der Waals surface area contributed by atoms with Gasteiger partial charge in [0.2, 0.25) is 0 Å². The Kier molecular flexibility index (Phi) is 5.61. The van der Waals surface area contributed by atoms with Crippen LogP contribution in [0, 0.1) is 12.7 Å². The molecule has 0 amide bonds. The second-order valence-corrected chi connectivity index (χ2v) is 7.62. The van der Waals surface area contributed by atoms with E-state index in [1.807, 2.05) is 55.0 Å². The zero-order valence-electron chi connectivity index (χ0n) is 18.0. The minimum atomic E-state index is -0.511. The number of methoxy groups -OCH3 is 1. The van der Waals surface area contributed by atoms with E-state index in [9.17, 15) is 4.39 Å². The predicted octanol–water partition coefficient (Wildman–Crippen LogP) is 4.53. The molecule has 2 heterocycles. The lowest BCUT2D eigenvalue weighted by Gasteiger charge is -2.34. The molecule has 3 aromatic rings. The smallest absolute Gasteiger partial charge is 0.149 e. The number of imidazole rings is 1. The Labute approximate surface area is 181 Å². The third kappa shape index (κ3) is 3.96. The number of nitrogens with zero attached hydrogens (tertiary/aromatic N) is 4. The molecule has 0 N–H and O–H groups in total. The maximum absolute atomic E-state index is 13.4.